The fourth-order valence-corrected chi connectivity index (χ4v) is 3.92. The molecule has 0 aromatic heterocycles. The zero-order valence-electron chi connectivity index (χ0n) is 17.2. The number of rotatable bonds is 8. The first-order valence-corrected chi connectivity index (χ1v) is 11.2. The SMILES string of the molecule is Cc1ccc(S(=O)(=O)Nc2ccc(NC(C)C(=O)NCc3ccccc3F)cc2)cc1. The molecule has 0 fully saturated rings. The Balaban J connectivity index is 1.56. The molecule has 31 heavy (non-hydrogen) atoms. The van der Waals surface area contributed by atoms with Crippen molar-refractivity contribution in [2.75, 3.05) is 10.0 Å². The lowest BCUT2D eigenvalue weighted by atomic mass is 10.2. The summed E-state index contributed by atoms with van der Waals surface area (Å²) in [7, 11) is -3.68. The highest BCUT2D eigenvalue weighted by Crippen LogP contribution is 2.19. The standard InChI is InChI=1S/C23H24FN3O3S/c1-16-7-13-21(14-8-16)31(29,30)27-20-11-9-19(10-12-20)26-17(2)23(28)25-15-18-5-3-4-6-22(18)24/h3-14,17,26-27H,15H2,1-2H3,(H,25,28). The second kappa shape index (κ2) is 9.61. The minimum absolute atomic E-state index is 0.0945. The lowest BCUT2D eigenvalue weighted by Crippen LogP contribution is -2.37. The van der Waals surface area contributed by atoms with Gasteiger partial charge in [0, 0.05) is 23.5 Å². The molecule has 1 amide bonds. The Kier molecular flexibility index (Phi) is 6.91. The van der Waals surface area contributed by atoms with Gasteiger partial charge in [-0.1, -0.05) is 35.9 Å². The smallest absolute Gasteiger partial charge is 0.261 e. The Labute approximate surface area is 181 Å². The molecule has 0 bridgehead atoms. The second-order valence-electron chi connectivity index (χ2n) is 7.17. The van der Waals surface area contributed by atoms with E-state index in [2.05, 4.69) is 15.4 Å². The Bertz CT molecular complexity index is 1150. The van der Waals surface area contributed by atoms with Crippen LogP contribution < -0.4 is 15.4 Å². The van der Waals surface area contributed by atoms with Crippen molar-refractivity contribution in [3.63, 3.8) is 0 Å². The molecule has 0 saturated heterocycles. The van der Waals surface area contributed by atoms with Crippen LogP contribution in [0.5, 0.6) is 0 Å². The van der Waals surface area contributed by atoms with Crippen molar-refractivity contribution in [3.8, 4) is 0 Å². The van der Waals surface area contributed by atoms with E-state index in [0.29, 0.717) is 16.9 Å². The maximum Gasteiger partial charge on any atom is 0.261 e. The average molecular weight is 442 g/mol. The number of carbonyl (C=O) groups is 1. The van der Waals surface area contributed by atoms with Gasteiger partial charge in [0.05, 0.1) is 4.90 Å². The first-order chi connectivity index (χ1) is 14.7. The molecule has 3 aromatic carbocycles. The molecule has 0 heterocycles. The van der Waals surface area contributed by atoms with Crippen molar-refractivity contribution in [3.05, 3.63) is 89.7 Å². The molecule has 3 rings (SSSR count). The maximum atomic E-state index is 13.7. The largest absolute Gasteiger partial charge is 0.374 e. The molecule has 6 nitrogen and oxygen atoms in total. The number of benzene rings is 3. The Morgan fingerprint density at radius 2 is 1.55 bits per heavy atom. The normalized spacial score (nSPS) is 12.1. The van der Waals surface area contributed by atoms with Gasteiger partial charge in [-0.2, -0.15) is 0 Å². The summed E-state index contributed by atoms with van der Waals surface area (Å²) < 4.78 is 41.1. The zero-order chi connectivity index (χ0) is 22.4. The monoisotopic (exact) mass is 441 g/mol. The number of hydrogen-bond donors (Lipinski definition) is 3. The van der Waals surface area contributed by atoms with Gasteiger partial charge >= 0.3 is 0 Å². The minimum Gasteiger partial charge on any atom is -0.374 e. The number of nitrogens with one attached hydrogen (secondary N) is 3. The fourth-order valence-electron chi connectivity index (χ4n) is 2.86. The van der Waals surface area contributed by atoms with E-state index in [1.807, 2.05) is 6.92 Å². The van der Waals surface area contributed by atoms with Crippen LogP contribution in [0.1, 0.15) is 18.1 Å². The molecule has 1 unspecified atom stereocenters. The van der Waals surface area contributed by atoms with Crippen molar-refractivity contribution >= 4 is 27.3 Å². The molecule has 0 spiro atoms. The fraction of sp³-hybridized carbons (Fsp3) is 0.174. The molecule has 1 atom stereocenters. The highest BCUT2D eigenvalue weighted by atomic mass is 32.2. The first-order valence-electron chi connectivity index (χ1n) is 9.72. The predicted octanol–water partition coefficient (Wildman–Crippen LogP) is 4.05. The van der Waals surface area contributed by atoms with E-state index >= 15 is 0 Å². The summed E-state index contributed by atoms with van der Waals surface area (Å²) in [5.74, 6) is -0.653. The van der Waals surface area contributed by atoms with Crippen molar-refractivity contribution < 1.29 is 17.6 Å². The van der Waals surface area contributed by atoms with Gasteiger partial charge in [-0.25, -0.2) is 12.8 Å². The molecule has 0 saturated carbocycles. The van der Waals surface area contributed by atoms with Crippen LogP contribution in [0.15, 0.2) is 77.7 Å². The van der Waals surface area contributed by atoms with E-state index in [1.54, 1.807) is 73.7 Å². The van der Waals surface area contributed by atoms with Crippen molar-refractivity contribution in [2.45, 2.75) is 31.3 Å². The highest BCUT2D eigenvalue weighted by molar-refractivity contribution is 7.92. The van der Waals surface area contributed by atoms with Crippen LogP contribution in [0.25, 0.3) is 0 Å². The van der Waals surface area contributed by atoms with Crippen LogP contribution in [0.2, 0.25) is 0 Å². The van der Waals surface area contributed by atoms with Crippen LogP contribution in [-0.2, 0) is 21.4 Å². The van der Waals surface area contributed by atoms with E-state index in [0.717, 1.165) is 5.56 Å². The van der Waals surface area contributed by atoms with Crippen LogP contribution in [0.3, 0.4) is 0 Å². The zero-order valence-corrected chi connectivity index (χ0v) is 18.0. The summed E-state index contributed by atoms with van der Waals surface area (Å²) in [6, 6.07) is 18.8. The third-order valence-corrected chi connectivity index (χ3v) is 6.05. The topological polar surface area (TPSA) is 87.3 Å². The van der Waals surface area contributed by atoms with Gasteiger partial charge in [0.15, 0.2) is 0 Å². The molecule has 3 aromatic rings. The Morgan fingerprint density at radius 3 is 2.19 bits per heavy atom. The summed E-state index contributed by atoms with van der Waals surface area (Å²) in [6.45, 7) is 3.67. The van der Waals surface area contributed by atoms with Gasteiger partial charge in [-0.05, 0) is 56.3 Å². The van der Waals surface area contributed by atoms with Crippen molar-refractivity contribution in [2.24, 2.45) is 0 Å². The average Bonchev–Trinajstić information content (AvgIpc) is 2.74. The lowest BCUT2D eigenvalue weighted by Gasteiger charge is -2.16. The van der Waals surface area contributed by atoms with Gasteiger partial charge in [0.2, 0.25) is 5.91 Å². The van der Waals surface area contributed by atoms with E-state index in [1.165, 1.54) is 6.07 Å². The summed E-state index contributed by atoms with van der Waals surface area (Å²) >= 11 is 0. The number of sulfonamides is 1. The first kappa shape index (κ1) is 22.3. The van der Waals surface area contributed by atoms with Gasteiger partial charge in [-0.15, -0.1) is 0 Å². The second-order valence-corrected chi connectivity index (χ2v) is 8.85. The molecule has 8 heteroatoms. The summed E-state index contributed by atoms with van der Waals surface area (Å²) in [4.78, 5) is 12.5. The summed E-state index contributed by atoms with van der Waals surface area (Å²) in [6.07, 6.45) is 0. The molecule has 0 radical (unpaired) electrons. The van der Waals surface area contributed by atoms with E-state index in [-0.39, 0.29) is 23.2 Å². The Morgan fingerprint density at radius 1 is 0.935 bits per heavy atom. The molecule has 0 aliphatic carbocycles. The van der Waals surface area contributed by atoms with E-state index in [4.69, 9.17) is 0 Å². The quantitative estimate of drug-likeness (QED) is 0.492. The van der Waals surface area contributed by atoms with Gasteiger partial charge < -0.3 is 10.6 Å². The van der Waals surface area contributed by atoms with Crippen molar-refractivity contribution in [1.29, 1.82) is 0 Å². The van der Waals surface area contributed by atoms with Crippen LogP contribution in [-0.4, -0.2) is 20.4 Å². The minimum atomic E-state index is -3.68. The van der Waals surface area contributed by atoms with Crippen LogP contribution >= 0.6 is 0 Å². The molecular formula is C23H24FN3O3S. The van der Waals surface area contributed by atoms with Crippen LogP contribution in [0, 0.1) is 12.7 Å². The molecule has 162 valence electrons. The summed E-state index contributed by atoms with van der Waals surface area (Å²) in [5.41, 5.74) is 2.43. The van der Waals surface area contributed by atoms with Gasteiger partial charge in [-0.3, -0.25) is 9.52 Å². The maximum absolute atomic E-state index is 13.7. The number of carbonyl (C=O) groups excluding carboxylic acids is 1. The number of halogens is 1. The lowest BCUT2D eigenvalue weighted by molar-refractivity contribution is -0.121. The van der Waals surface area contributed by atoms with E-state index in [9.17, 15) is 17.6 Å². The highest BCUT2D eigenvalue weighted by Gasteiger charge is 2.15. The number of amides is 1. The number of aryl methyl sites for hydroxylation is 1. The third-order valence-electron chi connectivity index (χ3n) is 4.66. The third kappa shape index (κ3) is 6.05. The Hall–Kier alpha value is -3.39. The predicted molar refractivity (Wildman–Crippen MR) is 120 cm³/mol. The molecular weight excluding hydrogens is 417 g/mol. The van der Waals surface area contributed by atoms with Gasteiger partial charge in [0.1, 0.15) is 11.9 Å². The molecule has 0 aliphatic heterocycles. The number of anilines is 2. The summed E-state index contributed by atoms with van der Waals surface area (Å²) in [5, 5.41) is 5.73. The van der Waals surface area contributed by atoms with Gasteiger partial charge in [0.25, 0.3) is 10.0 Å². The van der Waals surface area contributed by atoms with E-state index < -0.39 is 16.1 Å². The molecule has 0 aliphatic rings. The van der Waals surface area contributed by atoms with Crippen molar-refractivity contribution in [1.82, 2.24) is 5.32 Å². The molecule has 3 N–H and O–H groups in total. The number of hydrogen-bond acceptors (Lipinski definition) is 4. The van der Waals surface area contributed by atoms with Crippen LogP contribution in [0.4, 0.5) is 15.8 Å².